The van der Waals surface area contributed by atoms with Crippen molar-refractivity contribution in [1.82, 2.24) is 20.1 Å². The molecule has 2 aliphatic heterocycles. The number of aromatic nitrogens is 1. The van der Waals surface area contributed by atoms with Crippen LogP contribution in [0, 0.1) is 0 Å². The van der Waals surface area contributed by atoms with Crippen molar-refractivity contribution in [2.75, 3.05) is 13.1 Å². The number of benzene rings is 1. The predicted octanol–water partition coefficient (Wildman–Crippen LogP) is 3.65. The molecule has 1 N–H and O–H groups in total. The van der Waals surface area contributed by atoms with Gasteiger partial charge in [-0.1, -0.05) is 24.3 Å². The second-order valence-electron chi connectivity index (χ2n) is 7.24. The number of carbonyl (C=O) groups excluding carboxylic acids is 2. The first kappa shape index (κ1) is 20.6. The summed E-state index contributed by atoms with van der Waals surface area (Å²) >= 11 is 0. The maximum atomic E-state index is 13.3. The molecule has 1 atom stereocenters. The van der Waals surface area contributed by atoms with Crippen LogP contribution in [0.2, 0.25) is 0 Å². The van der Waals surface area contributed by atoms with E-state index in [4.69, 9.17) is 0 Å². The van der Waals surface area contributed by atoms with Crippen molar-refractivity contribution in [3.8, 4) is 0 Å². The van der Waals surface area contributed by atoms with Crippen molar-refractivity contribution >= 4 is 11.9 Å². The smallest absolute Gasteiger partial charge is 0.327 e. The van der Waals surface area contributed by atoms with E-state index >= 15 is 0 Å². The highest BCUT2D eigenvalue weighted by molar-refractivity contribution is 6.01. The molecule has 0 aliphatic carbocycles. The van der Waals surface area contributed by atoms with E-state index in [2.05, 4.69) is 16.9 Å². The van der Waals surface area contributed by atoms with E-state index in [1.807, 2.05) is 6.07 Å². The van der Waals surface area contributed by atoms with E-state index < -0.39 is 23.8 Å². The fourth-order valence-electron chi connectivity index (χ4n) is 3.80. The van der Waals surface area contributed by atoms with Crippen LogP contribution in [-0.4, -0.2) is 39.8 Å². The van der Waals surface area contributed by atoms with Gasteiger partial charge in [0.1, 0.15) is 0 Å². The molecule has 2 aromatic rings. The summed E-state index contributed by atoms with van der Waals surface area (Å²) in [5, 5.41) is 2.75. The minimum Gasteiger partial charge on any atom is -0.327 e. The van der Waals surface area contributed by atoms with E-state index in [1.54, 1.807) is 29.3 Å². The van der Waals surface area contributed by atoms with Gasteiger partial charge in [0.25, 0.3) is 5.91 Å². The number of pyridine rings is 1. The number of amides is 3. The van der Waals surface area contributed by atoms with Crippen LogP contribution in [0.5, 0.6) is 0 Å². The van der Waals surface area contributed by atoms with Crippen LogP contribution in [0.4, 0.5) is 18.0 Å². The van der Waals surface area contributed by atoms with Gasteiger partial charge in [0.2, 0.25) is 0 Å². The molecule has 3 amide bonds. The maximum Gasteiger partial charge on any atom is 0.416 e. The summed E-state index contributed by atoms with van der Waals surface area (Å²) in [7, 11) is 0. The first-order valence-corrected chi connectivity index (χ1v) is 9.58. The first-order valence-electron chi connectivity index (χ1n) is 9.58. The van der Waals surface area contributed by atoms with Crippen molar-refractivity contribution in [2.45, 2.75) is 18.8 Å². The molecule has 160 valence electrons. The van der Waals surface area contributed by atoms with E-state index in [9.17, 15) is 22.8 Å². The van der Waals surface area contributed by atoms with E-state index in [0.29, 0.717) is 22.5 Å². The molecule has 0 fully saturated rings. The summed E-state index contributed by atoms with van der Waals surface area (Å²) in [6, 6.07) is 8.58. The topological polar surface area (TPSA) is 65.5 Å². The van der Waals surface area contributed by atoms with Gasteiger partial charge in [-0.05, 0) is 29.8 Å². The number of urea groups is 1. The Kier molecular flexibility index (Phi) is 5.26. The molecule has 0 bridgehead atoms. The molecule has 9 heteroatoms. The van der Waals surface area contributed by atoms with Gasteiger partial charge < -0.3 is 10.2 Å². The normalized spacial score (nSPS) is 18.9. The lowest BCUT2D eigenvalue weighted by Crippen LogP contribution is -2.47. The summed E-state index contributed by atoms with van der Waals surface area (Å²) in [5.74, 6) is -0.292. The Morgan fingerprint density at radius 3 is 2.52 bits per heavy atom. The molecule has 1 aromatic carbocycles. The van der Waals surface area contributed by atoms with Crippen molar-refractivity contribution < 1.29 is 22.8 Å². The van der Waals surface area contributed by atoms with Crippen molar-refractivity contribution in [1.29, 1.82) is 0 Å². The minimum atomic E-state index is -4.47. The quantitative estimate of drug-likeness (QED) is 0.740. The van der Waals surface area contributed by atoms with Crippen molar-refractivity contribution in [2.24, 2.45) is 0 Å². The second kappa shape index (κ2) is 7.90. The lowest BCUT2D eigenvalue weighted by Gasteiger charge is -2.33. The van der Waals surface area contributed by atoms with Gasteiger partial charge in [0.15, 0.2) is 0 Å². The Bertz CT molecular complexity index is 1050. The number of carbonyl (C=O) groups is 2. The zero-order valence-electron chi connectivity index (χ0n) is 16.4. The zero-order valence-corrected chi connectivity index (χ0v) is 16.4. The Morgan fingerprint density at radius 2 is 1.90 bits per heavy atom. The third kappa shape index (κ3) is 3.90. The standard InChI is InChI=1S/C22H19F3N4O2/c1-2-11-29-17-13-28(12-16-5-3-4-10-26-16)20(30)18(17)19(27-21(29)31)14-6-8-15(9-7-14)22(23,24)25/h2-10,19H,1,11-13H2,(H,27,31). The number of nitrogens with zero attached hydrogens (tertiary/aromatic N) is 3. The van der Waals surface area contributed by atoms with Crippen molar-refractivity contribution in [3.05, 3.63) is 89.4 Å². The van der Waals surface area contributed by atoms with E-state index in [1.165, 1.54) is 17.0 Å². The number of alkyl halides is 3. The summed E-state index contributed by atoms with van der Waals surface area (Å²) in [6.07, 6.45) is -1.29. The average Bonchev–Trinajstić information content (AvgIpc) is 3.06. The Morgan fingerprint density at radius 1 is 1.16 bits per heavy atom. The number of rotatable bonds is 5. The molecule has 1 aromatic heterocycles. The van der Waals surface area contributed by atoms with E-state index in [0.717, 1.165) is 12.1 Å². The van der Waals surface area contributed by atoms with Crippen LogP contribution in [-0.2, 0) is 17.5 Å². The Balaban J connectivity index is 1.69. The Labute approximate surface area is 176 Å². The summed E-state index contributed by atoms with van der Waals surface area (Å²) < 4.78 is 38.8. The first-order chi connectivity index (χ1) is 14.8. The highest BCUT2D eigenvalue weighted by Crippen LogP contribution is 2.38. The molecule has 1 unspecified atom stereocenters. The predicted molar refractivity (Wildman–Crippen MR) is 106 cm³/mol. The molecular formula is C22H19F3N4O2. The van der Waals surface area contributed by atoms with Gasteiger partial charge in [-0.3, -0.25) is 14.7 Å². The van der Waals surface area contributed by atoms with Gasteiger partial charge in [-0.15, -0.1) is 6.58 Å². The highest BCUT2D eigenvalue weighted by atomic mass is 19.4. The molecule has 0 saturated heterocycles. The molecular weight excluding hydrogens is 409 g/mol. The largest absolute Gasteiger partial charge is 0.416 e. The number of nitrogens with one attached hydrogen (secondary N) is 1. The lowest BCUT2D eigenvalue weighted by molar-refractivity contribution is -0.137. The van der Waals surface area contributed by atoms with Gasteiger partial charge in [-0.25, -0.2) is 4.79 Å². The third-order valence-electron chi connectivity index (χ3n) is 5.26. The minimum absolute atomic E-state index is 0.198. The van der Waals surface area contributed by atoms with E-state index in [-0.39, 0.29) is 25.5 Å². The number of hydrogen-bond donors (Lipinski definition) is 1. The fourth-order valence-corrected chi connectivity index (χ4v) is 3.80. The summed E-state index contributed by atoms with van der Waals surface area (Å²) in [4.78, 5) is 33.2. The third-order valence-corrected chi connectivity index (χ3v) is 5.26. The number of halogens is 3. The molecule has 0 radical (unpaired) electrons. The Hall–Kier alpha value is -3.62. The van der Waals surface area contributed by atoms with Crippen LogP contribution < -0.4 is 5.32 Å². The molecule has 3 heterocycles. The maximum absolute atomic E-state index is 13.3. The summed E-state index contributed by atoms with van der Waals surface area (Å²) in [5.41, 5.74) is 1.17. The van der Waals surface area contributed by atoms with Crippen LogP contribution in [0.3, 0.4) is 0 Å². The van der Waals surface area contributed by atoms with Gasteiger partial charge in [0.05, 0.1) is 41.7 Å². The summed E-state index contributed by atoms with van der Waals surface area (Å²) in [6.45, 7) is 4.31. The molecule has 0 saturated carbocycles. The van der Waals surface area contributed by atoms with Crippen molar-refractivity contribution in [3.63, 3.8) is 0 Å². The number of hydrogen-bond acceptors (Lipinski definition) is 3. The van der Waals surface area contributed by atoms with Crippen LogP contribution in [0.1, 0.15) is 22.9 Å². The second-order valence-corrected chi connectivity index (χ2v) is 7.24. The lowest BCUT2D eigenvalue weighted by atomic mass is 9.94. The molecule has 6 nitrogen and oxygen atoms in total. The average molecular weight is 428 g/mol. The molecule has 2 aliphatic rings. The van der Waals surface area contributed by atoms with Crippen LogP contribution in [0.15, 0.2) is 72.6 Å². The molecule has 0 spiro atoms. The van der Waals surface area contributed by atoms with Gasteiger partial charge in [0, 0.05) is 12.7 Å². The van der Waals surface area contributed by atoms with Gasteiger partial charge >= 0.3 is 12.2 Å². The molecule has 4 rings (SSSR count). The SMILES string of the molecule is C=CCN1C(=O)NC(c2ccc(C(F)(F)F)cc2)C2=C1CN(Cc1ccccn1)C2=O. The monoisotopic (exact) mass is 428 g/mol. The van der Waals surface area contributed by atoms with Crippen LogP contribution >= 0.6 is 0 Å². The highest BCUT2D eigenvalue weighted by Gasteiger charge is 2.44. The zero-order chi connectivity index (χ0) is 22.2. The van der Waals surface area contributed by atoms with Crippen LogP contribution in [0.25, 0.3) is 0 Å². The molecule has 31 heavy (non-hydrogen) atoms. The fraction of sp³-hybridized carbons (Fsp3) is 0.227. The van der Waals surface area contributed by atoms with Gasteiger partial charge in [-0.2, -0.15) is 13.2 Å².